The largest absolute Gasteiger partial charge is 0.468 e. The Morgan fingerprint density at radius 3 is 3.14 bits per heavy atom. The first-order chi connectivity index (χ1) is 6.74. The van der Waals surface area contributed by atoms with Crippen LogP contribution in [0.1, 0.15) is 12.8 Å². The molecule has 5 heteroatoms. The minimum Gasteiger partial charge on any atom is -0.468 e. The van der Waals surface area contributed by atoms with Gasteiger partial charge >= 0.3 is 5.97 Å². The van der Waals surface area contributed by atoms with E-state index < -0.39 is 0 Å². The zero-order chi connectivity index (χ0) is 10.4. The van der Waals surface area contributed by atoms with Crippen molar-refractivity contribution in [2.45, 2.75) is 22.9 Å². The van der Waals surface area contributed by atoms with Gasteiger partial charge in [0.2, 0.25) is 0 Å². The van der Waals surface area contributed by atoms with Crippen molar-refractivity contribution in [1.29, 1.82) is 0 Å². The maximum Gasteiger partial charge on any atom is 0.319 e. The van der Waals surface area contributed by atoms with Gasteiger partial charge in [-0.3, -0.25) is 4.79 Å². The SMILES string of the molecule is COC(=O)C(I)CNCC1CCCO1. The number of carbonyl (C=O) groups is 1. The Kier molecular flexibility index (Phi) is 5.73. The molecule has 4 nitrogen and oxygen atoms in total. The monoisotopic (exact) mass is 313 g/mol. The lowest BCUT2D eigenvalue weighted by Gasteiger charge is -2.12. The Morgan fingerprint density at radius 1 is 1.79 bits per heavy atom. The molecule has 14 heavy (non-hydrogen) atoms. The van der Waals surface area contributed by atoms with Gasteiger partial charge in [-0.15, -0.1) is 0 Å². The van der Waals surface area contributed by atoms with E-state index in [1.165, 1.54) is 7.11 Å². The van der Waals surface area contributed by atoms with Crippen molar-refractivity contribution in [2.24, 2.45) is 0 Å². The van der Waals surface area contributed by atoms with Crippen molar-refractivity contribution < 1.29 is 14.3 Å². The van der Waals surface area contributed by atoms with E-state index >= 15 is 0 Å². The molecule has 0 saturated carbocycles. The fraction of sp³-hybridized carbons (Fsp3) is 0.889. The lowest BCUT2D eigenvalue weighted by Crippen LogP contribution is -2.34. The molecule has 0 aromatic carbocycles. The first-order valence-electron chi connectivity index (χ1n) is 4.78. The number of hydrogen-bond acceptors (Lipinski definition) is 4. The topological polar surface area (TPSA) is 47.6 Å². The first kappa shape index (κ1) is 12.2. The maximum absolute atomic E-state index is 11.0. The average molecular weight is 313 g/mol. The highest BCUT2D eigenvalue weighted by atomic mass is 127. The lowest BCUT2D eigenvalue weighted by molar-refractivity contribution is -0.139. The van der Waals surface area contributed by atoms with E-state index in [9.17, 15) is 4.79 Å². The van der Waals surface area contributed by atoms with E-state index in [2.05, 4.69) is 32.6 Å². The highest BCUT2D eigenvalue weighted by Crippen LogP contribution is 2.10. The minimum absolute atomic E-state index is 0.112. The number of carbonyl (C=O) groups excluding carboxylic acids is 1. The fourth-order valence-electron chi connectivity index (χ4n) is 1.39. The summed E-state index contributed by atoms with van der Waals surface area (Å²) in [7, 11) is 1.41. The molecule has 1 rings (SSSR count). The van der Waals surface area contributed by atoms with E-state index in [0.717, 1.165) is 26.0 Å². The smallest absolute Gasteiger partial charge is 0.319 e. The minimum atomic E-state index is -0.176. The van der Waals surface area contributed by atoms with Crippen LogP contribution in [0.4, 0.5) is 0 Å². The van der Waals surface area contributed by atoms with E-state index in [1.54, 1.807) is 0 Å². The van der Waals surface area contributed by atoms with Gasteiger partial charge in [-0.25, -0.2) is 0 Å². The Bertz CT molecular complexity index is 183. The zero-order valence-electron chi connectivity index (χ0n) is 8.29. The first-order valence-corrected chi connectivity index (χ1v) is 6.03. The summed E-state index contributed by atoms with van der Waals surface area (Å²) in [4.78, 5) is 11.0. The number of methoxy groups -OCH3 is 1. The molecule has 1 saturated heterocycles. The highest BCUT2D eigenvalue weighted by Gasteiger charge is 2.17. The molecule has 0 aliphatic carbocycles. The summed E-state index contributed by atoms with van der Waals surface area (Å²) in [5, 5.41) is 3.21. The molecular weight excluding hydrogens is 297 g/mol. The molecule has 0 spiro atoms. The number of ether oxygens (including phenoxy) is 2. The Balaban J connectivity index is 2.05. The van der Waals surface area contributed by atoms with E-state index in [4.69, 9.17) is 4.74 Å². The average Bonchev–Trinajstić information content (AvgIpc) is 2.69. The van der Waals surface area contributed by atoms with Crippen LogP contribution in [0.2, 0.25) is 0 Å². The third kappa shape index (κ3) is 4.10. The van der Waals surface area contributed by atoms with Gasteiger partial charge in [-0.2, -0.15) is 0 Å². The number of esters is 1. The Hall–Kier alpha value is 0.120. The maximum atomic E-state index is 11.0. The molecule has 1 fully saturated rings. The van der Waals surface area contributed by atoms with Gasteiger partial charge in [0, 0.05) is 19.7 Å². The van der Waals surface area contributed by atoms with Crippen LogP contribution in [0.5, 0.6) is 0 Å². The van der Waals surface area contributed by atoms with Crippen molar-refractivity contribution in [2.75, 3.05) is 26.8 Å². The standard InChI is InChI=1S/C9H16INO3/c1-13-9(12)8(10)6-11-5-7-3-2-4-14-7/h7-8,11H,2-6H2,1H3. The predicted octanol–water partition coefficient (Wildman–Crippen LogP) is 0.732. The Labute approximate surface area is 97.9 Å². The lowest BCUT2D eigenvalue weighted by atomic mass is 10.2. The molecule has 1 heterocycles. The quantitative estimate of drug-likeness (QED) is 0.462. The van der Waals surface area contributed by atoms with Crippen molar-refractivity contribution in [3.05, 3.63) is 0 Å². The summed E-state index contributed by atoms with van der Waals surface area (Å²) in [6.45, 7) is 2.35. The third-order valence-corrected chi connectivity index (χ3v) is 3.13. The summed E-state index contributed by atoms with van der Waals surface area (Å²) in [5.74, 6) is -0.176. The van der Waals surface area contributed by atoms with Gasteiger partial charge in [0.1, 0.15) is 3.92 Å². The van der Waals surface area contributed by atoms with Gasteiger partial charge in [0.15, 0.2) is 0 Å². The molecule has 1 aliphatic rings. The number of halogens is 1. The molecule has 82 valence electrons. The van der Waals surface area contributed by atoms with Crippen LogP contribution in [-0.4, -0.2) is 42.8 Å². The van der Waals surface area contributed by atoms with E-state index in [0.29, 0.717) is 12.6 Å². The molecule has 2 unspecified atom stereocenters. The van der Waals surface area contributed by atoms with Crippen LogP contribution in [-0.2, 0) is 14.3 Å². The summed E-state index contributed by atoms with van der Waals surface area (Å²) in [6.07, 6.45) is 2.60. The molecule has 1 aliphatic heterocycles. The van der Waals surface area contributed by atoms with Crippen LogP contribution in [0.25, 0.3) is 0 Å². The van der Waals surface area contributed by atoms with Crippen molar-refractivity contribution in [1.82, 2.24) is 5.32 Å². The molecule has 2 atom stereocenters. The Morgan fingerprint density at radius 2 is 2.57 bits per heavy atom. The second-order valence-electron chi connectivity index (χ2n) is 3.28. The second-order valence-corrected chi connectivity index (χ2v) is 4.79. The molecule has 0 amide bonds. The number of hydrogen-bond donors (Lipinski definition) is 1. The molecule has 0 aromatic rings. The summed E-state index contributed by atoms with van der Waals surface area (Å²) >= 11 is 2.08. The molecule has 0 bridgehead atoms. The van der Waals surface area contributed by atoms with Gasteiger partial charge in [0.25, 0.3) is 0 Å². The van der Waals surface area contributed by atoms with Crippen LogP contribution in [0, 0.1) is 0 Å². The van der Waals surface area contributed by atoms with Crippen molar-refractivity contribution in [3.8, 4) is 0 Å². The van der Waals surface area contributed by atoms with E-state index in [1.807, 2.05) is 0 Å². The zero-order valence-corrected chi connectivity index (χ0v) is 10.5. The summed E-state index contributed by atoms with van der Waals surface area (Å²) in [6, 6.07) is 0. The highest BCUT2D eigenvalue weighted by molar-refractivity contribution is 14.1. The van der Waals surface area contributed by atoms with Crippen LogP contribution in [0.15, 0.2) is 0 Å². The second kappa shape index (κ2) is 6.58. The summed E-state index contributed by atoms with van der Waals surface area (Å²) < 4.78 is 9.95. The van der Waals surface area contributed by atoms with Crippen molar-refractivity contribution >= 4 is 28.6 Å². The predicted molar refractivity (Wildman–Crippen MR) is 61.7 cm³/mol. The van der Waals surface area contributed by atoms with E-state index in [-0.39, 0.29) is 9.89 Å². The van der Waals surface area contributed by atoms with Gasteiger partial charge in [-0.05, 0) is 12.8 Å². The van der Waals surface area contributed by atoms with Crippen LogP contribution < -0.4 is 5.32 Å². The summed E-state index contributed by atoms with van der Waals surface area (Å²) in [5.41, 5.74) is 0. The number of nitrogens with one attached hydrogen (secondary N) is 1. The molecule has 1 N–H and O–H groups in total. The molecule has 0 aromatic heterocycles. The molecule has 0 radical (unpaired) electrons. The van der Waals surface area contributed by atoms with Crippen LogP contribution in [0.3, 0.4) is 0 Å². The molecular formula is C9H16INO3. The van der Waals surface area contributed by atoms with Crippen LogP contribution >= 0.6 is 22.6 Å². The third-order valence-electron chi connectivity index (χ3n) is 2.18. The number of alkyl halides is 1. The van der Waals surface area contributed by atoms with Gasteiger partial charge in [-0.1, -0.05) is 22.6 Å². The number of rotatable bonds is 5. The van der Waals surface area contributed by atoms with Gasteiger partial charge < -0.3 is 14.8 Å². The normalized spacial score (nSPS) is 23.4. The van der Waals surface area contributed by atoms with Crippen molar-refractivity contribution in [3.63, 3.8) is 0 Å². The fourth-order valence-corrected chi connectivity index (χ4v) is 1.95. The van der Waals surface area contributed by atoms with Gasteiger partial charge in [0.05, 0.1) is 13.2 Å².